The third kappa shape index (κ3) is 4.98. The van der Waals surface area contributed by atoms with Crippen LogP contribution < -0.4 is 9.64 Å². The van der Waals surface area contributed by atoms with E-state index < -0.39 is 0 Å². The molecule has 0 N–H and O–H groups in total. The molecule has 4 aromatic rings. The fourth-order valence-corrected chi connectivity index (χ4v) is 4.92. The monoisotopic (exact) mass is 465 g/mol. The van der Waals surface area contributed by atoms with E-state index in [2.05, 4.69) is 9.88 Å². The summed E-state index contributed by atoms with van der Waals surface area (Å²) >= 11 is 1.31. The largest absolute Gasteiger partial charge is 0.484 e. The minimum atomic E-state index is -0.386. The van der Waals surface area contributed by atoms with Crippen molar-refractivity contribution in [2.24, 2.45) is 0 Å². The van der Waals surface area contributed by atoms with Crippen molar-refractivity contribution < 1.29 is 18.7 Å². The molecule has 33 heavy (non-hydrogen) atoms. The lowest BCUT2D eigenvalue weighted by Crippen LogP contribution is -2.44. The van der Waals surface area contributed by atoms with E-state index in [0.717, 1.165) is 23.9 Å². The van der Waals surface area contributed by atoms with Crippen LogP contribution >= 0.6 is 11.3 Å². The number of fused-ring (bicyclic) bond motifs is 2. The molecule has 3 aromatic carbocycles. The fourth-order valence-electron chi connectivity index (χ4n) is 3.89. The van der Waals surface area contributed by atoms with Gasteiger partial charge < -0.3 is 9.47 Å². The molecule has 1 fully saturated rings. The number of carbonyl (C=O) groups is 1. The van der Waals surface area contributed by atoms with Gasteiger partial charge in [-0.25, -0.2) is 9.37 Å². The van der Waals surface area contributed by atoms with Gasteiger partial charge in [0.05, 0.1) is 17.9 Å². The molecule has 0 bridgehead atoms. The summed E-state index contributed by atoms with van der Waals surface area (Å²) < 4.78 is 26.2. The summed E-state index contributed by atoms with van der Waals surface area (Å²) in [4.78, 5) is 21.6. The highest BCUT2D eigenvalue weighted by Crippen LogP contribution is 2.30. The van der Waals surface area contributed by atoms with Crippen LogP contribution in [0.1, 0.15) is 0 Å². The molecule has 0 aliphatic carbocycles. The molecule has 1 saturated heterocycles. The lowest BCUT2D eigenvalue weighted by molar-refractivity contribution is -0.120. The number of amides is 1. The first-order chi connectivity index (χ1) is 16.2. The lowest BCUT2D eigenvalue weighted by Gasteiger charge is -2.29. The van der Waals surface area contributed by atoms with Crippen LogP contribution in [-0.4, -0.2) is 61.8 Å². The second-order valence-corrected chi connectivity index (χ2v) is 8.89. The van der Waals surface area contributed by atoms with Crippen molar-refractivity contribution in [2.75, 3.05) is 50.9 Å². The Labute approximate surface area is 195 Å². The van der Waals surface area contributed by atoms with Crippen LogP contribution in [0.5, 0.6) is 5.75 Å². The zero-order valence-electron chi connectivity index (χ0n) is 18.1. The topological polar surface area (TPSA) is 54.9 Å². The number of para-hydroxylation sites is 1. The van der Waals surface area contributed by atoms with Gasteiger partial charge in [-0.15, -0.1) is 0 Å². The van der Waals surface area contributed by atoms with Gasteiger partial charge in [-0.1, -0.05) is 47.7 Å². The molecule has 1 aliphatic rings. The number of ether oxygens (including phenoxy) is 2. The number of nitrogens with zero attached hydrogens (tertiary/aromatic N) is 3. The summed E-state index contributed by atoms with van der Waals surface area (Å²) in [6.07, 6.45) is 0. The van der Waals surface area contributed by atoms with Crippen LogP contribution in [0.25, 0.3) is 21.0 Å². The van der Waals surface area contributed by atoms with Gasteiger partial charge in [0, 0.05) is 26.2 Å². The first-order valence-corrected chi connectivity index (χ1v) is 11.8. The minimum absolute atomic E-state index is 0.125. The highest BCUT2D eigenvalue weighted by atomic mass is 32.1. The lowest BCUT2D eigenvalue weighted by atomic mass is 10.1. The van der Waals surface area contributed by atoms with Crippen molar-refractivity contribution in [3.63, 3.8) is 0 Å². The Morgan fingerprint density at radius 3 is 2.73 bits per heavy atom. The second kappa shape index (κ2) is 9.82. The van der Waals surface area contributed by atoms with Gasteiger partial charge in [0.15, 0.2) is 11.7 Å². The zero-order chi connectivity index (χ0) is 22.6. The van der Waals surface area contributed by atoms with E-state index in [9.17, 15) is 9.18 Å². The maximum atomic E-state index is 14.2. The molecule has 0 unspecified atom stereocenters. The summed E-state index contributed by atoms with van der Waals surface area (Å²) in [7, 11) is 0. The number of anilines is 1. The Morgan fingerprint density at radius 1 is 1.09 bits per heavy atom. The molecule has 6 nitrogen and oxygen atoms in total. The molecule has 170 valence electrons. The molecule has 0 saturated carbocycles. The van der Waals surface area contributed by atoms with Gasteiger partial charge in [-0.2, -0.15) is 0 Å². The number of morpholine rings is 1. The molecule has 8 heteroatoms. The third-order valence-corrected chi connectivity index (χ3v) is 6.76. The SMILES string of the molecule is O=C(COc1ccc2ccccc2c1)N(CCN1CCOCC1)c1nc2c(F)cccc2s1. The average Bonchev–Trinajstić information content (AvgIpc) is 3.29. The number of aromatic nitrogens is 1. The van der Waals surface area contributed by atoms with E-state index in [1.54, 1.807) is 11.0 Å². The van der Waals surface area contributed by atoms with Gasteiger partial charge in [0.1, 0.15) is 17.1 Å². The number of thiazole rings is 1. The van der Waals surface area contributed by atoms with Gasteiger partial charge in [-0.05, 0) is 35.0 Å². The molecule has 2 heterocycles. The number of rotatable bonds is 7. The van der Waals surface area contributed by atoms with E-state index in [-0.39, 0.29) is 23.8 Å². The highest BCUT2D eigenvalue weighted by molar-refractivity contribution is 7.22. The highest BCUT2D eigenvalue weighted by Gasteiger charge is 2.23. The third-order valence-electron chi connectivity index (χ3n) is 5.72. The van der Waals surface area contributed by atoms with Crippen LogP contribution in [0, 0.1) is 5.82 Å². The first-order valence-electron chi connectivity index (χ1n) is 10.9. The van der Waals surface area contributed by atoms with Crippen molar-refractivity contribution in [3.05, 3.63) is 66.5 Å². The molecular weight excluding hydrogens is 441 g/mol. The van der Waals surface area contributed by atoms with Crippen molar-refractivity contribution in [1.82, 2.24) is 9.88 Å². The van der Waals surface area contributed by atoms with Crippen molar-refractivity contribution in [1.29, 1.82) is 0 Å². The van der Waals surface area contributed by atoms with Crippen LogP contribution in [-0.2, 0) is 9.53 Å². The smallest absolute Gasteiger partial charge is 0.266 e. The summed E-state index contributed by atoms with van der Waals surface area (Å²) in [5.41, 5.74) is 0.289. The molecular formula is C25H24FN3O3S. The minimum Gasteiger partial charge on any atom is -0.484 e. The number of hydrogen-bond acceptors (Lipinski definition) is 6. The summed E-state index contributed by atoms with van der Waals surface area (Å²) in [6, 6.07) is 18.6. The van der Waals surface area contributed by atoms with E-state index in [1.165, 1.54) is 17.4 Å². The maximum Gasteiger partial charge on any atom is 0.266 e. The predicted molar refractivity (Wildman–Crippen MR) is 129 cm³/mol. The Kier molecular flexibility index (Phi) is 6.48. The van der Waals surface area contributed by atoms with E-state index >= 15 is 0 Å². The van der Waals surface area contributed by atoms with Gasteiger partial charge in [0.25, 0.3) is 5.91 Å². The number of carbonyl (C=O) groups excluding carboxylic acids is 1. The Balaban J connectivity index is 1.34. The van der Waals surface area contributed by atoms with Crippen LogP contribution in [0.2, 0.25) is 0 Å². The Bertz CT molecular complexity index is 1270. The van der Waals surface area contributed by atoms with Crippen LogP contribution in [0.15, 0.2) is 60.7 Å². The fraction of sp³-hybridized carbons (Fsp3) is 0.280. The molecule has 1 aromatic heterocycles. The number of benzene rings is 3. The van der Waals surface area contributed by atoms with Crippen molar-refractivity contribution in [2.45, 2.75) is 0 Å². The molecule has 5 rings (SSSR count). The zero-order valence-corrected chi connectivity index (χ0v) is 18.9. The van der Waals surface area contributed by atoms with Gasteiger partial charge in [0.2, 0.25) is 0 Å². The second-order valence-electron chi connectivity index (χ2n) is 7.88. The van der Waals surface area contributed by atoms with E-state index in [1.807, 2.05) is 48.5 Å². The van der Waals surface area contributed by atoms with E-state index in [0.29, 0.717) is 41.9 Å². The molecule has 1 aliphatic heterocycles. The molecule has 1 amide bonds. The maximum absolute atomic E-state index is 14.2. The van der Waals surface area contributed by atoms with Crippen LogP contribution in [0.4, 0.5) is 9.52 Å². The first kappa shape index (κ1) is 21.8. The van der Waals surface area contributed by atoms with E-state index in [4.69, 9.17) is 9.47 Å². The summed E-state index contributed by atoms with van der Waals surface area (Å²) in [5, 5.41) is 2.64. The van der Waals surface area contributed by atoms with Gasteiger partial charge in [-0.3, -0.25) is 14.6 Å². The Morgan fingerprint density at radius 2 is 1.91 bits per heavy atom. The van der Waals surface area contributed by atoms with Crippen LogP contribution in [0.3, 0.4) is 0 Å². The summed E-state index contributed by atoms with van der Waals surface area (Å²) in [6.45, 7) is 4.02. The van der Waals surface area contributed by atoms with Crippen molar-refractivity contribution in [3.8, 4) is 5.75 Å². The van der Waals surface area contributed by atoms with Crippen molar-refractivity contribution >= 4 is 43.4 Å². The standard InChI is InChI=1S/C25H24FN3O3S/c26-21-6-3-7-22-24(21)27-25(33-22)29(11-10-28-12-14-31-15-13-28)23(30)17-32-20-9-8-18-4-1-2-5-19(18)16-20/h1-9,16H,10-15,17H2. The molecule has 0 atom stereocenters. The predicted octanol–water partition coefficient (Wildman–Crippen LogP) is 4.33. The summed E-state index contributed by atoms with van der Waals surface area (Å²) in [5.74, 6) is 0.0318. The number of hydrogen-bond donors (Lipinski definition) is 0. The quantitative estimate of drug-likeness (QED) is 0.407. The molecule has 0 spiro atoms. The number of halogens is 1. The Hall–Kier alpha value is -3.07. The average molecular weight is 466 g/mol. The molecule has 0 radical (unpaired) electrons. The van der Waals surface area contributed by atoms with Gasteiger partial charge >= 0.3 is 0 Å². The normalized spacial score (nSPS) is 14.6.